The highest BCUT2D eigenvalue weighted by atomic mass is 79.9. The van der Waals surface area contributed by atoms with Gasteiger partial charge in [0, 0.05) is 5.33 Å². The first kappa shape index (κ1) is 10.3. The maximum absolute atomic E-state index is 3.63. The zero-order valence-electron chi connectivity index (χ0n) is 8.20. The van der Waals surface area contributed by atoms with E-state index in [1.165, 1.54) is 43.0 Å². The summed E-state index contributed by atoms with van der Waals surface area (Å²) in [6, 6.07) is 0. The van der Waals surface area contributed by atoms with Crippen LogP contribution in [0.25, 0.3) is 0 Å². The van der Waals surface area contributed by atoms with Gasteiger partial charge in [-0.1, -0.05) is 34.0 Å². The van der Waals surface area contributed by atoms with Crippen LogP contribution in [0.2, 0.25) is 0 Å². The highest BCUT2D eigenvalue weighted by Crippen LogP contribution is 2.46. The van der Waals surface area contributed by atoms with Crippen LogP contribution in [0.1, 0.15) is 46.0 Å². The molecule has 0 nitrogen and oxygen atoms in total. The van der Waals surface area contributed by atoms with Crippen molar-refractivity contribution in [3.8, 4) is 0 Å². The van der Waals surface area contributed by atoms with Gasteiger partial charge in [0.1, 0.15) is 0 Å². The van der Waals surface area contributed by atoms with Gasteiger partial charge in [-0.15, -0.1) is 0 Å². The van der Waals surface area contributed by atoms with Gasteiger partial charge in [0.2, 0.25) is 0 Å². The van der Waals surface area contributed by atoms with Crippen LogP contribution in [0.3, 0.4) is 0 Å². The van der Waals surface area contributed by atoms with E-state index in [1.807, 2.05) is 0 Å². The molecule has 1 saturated carbocycles. The van der Waals surface area contributed by atoms with Crippen LogP contribution in [0.5, 0.6) is 0 Å². The Kier molecular flexibility index (Phi) is 3.82. The lowest BCUT2D eigenvalue weighted by atomic mass is 9.67. The molecule has 1 aliphatic rings. The average Bonchev–Trinajstić information content (AvgIpc) is 1.94. The van der Waals surface area contributed by atoms with Gasteiger partial charge in [0.05, 0.1) is 0 Å². The third kappa shape index (κ3) is 2.62. The molecule has 0 atom stereocenters. The molecule has 0 aliphatic heterocycles. The molecule has 0 amide bonds. The molecular formula is C11H19Br. The molecule has 0 spiro atoms. The fourth-order valence-electron chi connectivity index (χ4n) is 1.79. The van der Waals surface area contributed by atoms with Crippen molar-refractivity contribution in [1.82, 2.24) is 0 Å². The first-order chi connectivity index (χ1) is 5.68. The minimum atomic E-state index is 0.673. The van der Waals surface area contributed by atoms with Gasteiger partial charge in [-0.3, -0.25) is 0 Å². The second-order valence-corrected chi connectivity index (χ2v) is 4.87. The van der Waals surface area contributed by atoms with E-state index >= 15 is 0 Å². The molecule has 0 N–H and O–H groups in total. The minimum Gasteiger partial charge on any atom is -0.0922 e. The Bertz CT molecular complexity index is 156. The van der Waals surface area contributed by atoms with Crippen LogP contribution >= 0.6 is 15.9 Å². The standard InChI is InChI=1S/C11H19Br/c1-10(2)5-3-6-11(9-12)7-4-8-11/h5H,3-4,6-9H2,1-2H3. The van der Waals surface area contributed by atoms with Crippen molar-refractivity contribution >= 4 is 15.9 Å². The monoisotopic (exact) mass is 230 g/mol. The van der Waals surface area contributed by atoms with Gasteiger partial charge in [0.15, 0.2) is 0 Å². The van der Waals surface area contributed by atoms with Crippen molar-refractivity contribution in [2.75, 3.05) is 5.33 Å². The molecular weight excluding hydrogens is 212 g/mol. The molecule has 0 heterocycles. The summed E-state index contributed by atoms with van der Waals surface area (Å²) in [5, 5.41) is 1.20. The van der Waals surface area contributed by atoms with E-state index in [-0.39, 0.29) is 0 Å². The average molecular weight is 231 g/mol. The molecule has 12 heavy (non-hydrogen) atoms. The highest BCUT2D eigenvalue weighted by molar-refractivity contribution is 9.09. The third-order valence-corrected chi connectivity index (χ3v) is 4.11. The van der Waals surface area contributed by atoms with E-state index in [9.17, 15) is 0 Å². The molecule has 0 radical (unpaired) electrons. The molecule has 1 fully saturated rings. The lowest BCUT2D eigenvalue weighted by molar-refractivity contribution is 0.156. The Balaban J connectivity index is 2.25. The molecule has 1 aliphatic carbocycles. The third-order valence-electron chi connectivity index (χ3n) is 2.92. The number of allylic oxidation sites excluding steroid dienone is 2. The summed E-state index contributed by atoms with van der Waals surface area (Å²) < 4.78 is 0. The van der Waals surface area contributed by atoms with Crippen molar-refractivity contribution in [3.05, 3.63) is 11.6 Å². The van der Waals surface area contributed by atoms with Crippen molar-refractivity contribution in [3.63, 3.8) is 0 Å². The molecule has 0 aromatic heterocycles. The van der Waals surface area contributed by atoms with Gasteiger partial charge < -0.3 is 0 Å². The van der Waals surface area contributed by atoms with Crippen molar-refractivity contribution < 1.29 is 0 Å². The van der Waals surface area contributed by atoms with E-state index < -0.39 is 0 Å². The Labute approximate surface area is 84.6 Å². The number of hydrogen-bond donors (Lipinski definition) is 0. The van der Waals surface area contributed by atoms with Gasteiger partial charge in [-0.25, -0.2) is 0 Å². The number of halogens is 1. The quantitative estimate of drug-likeness (QED) is 0.500. The summed E-state index contributed by atoms with van der Waals surface area (Å²) in [6.07, 6.45) is 9.34. The largest absolute Gasteiger partial charge is 0.0922 e. The SMILES string of the molecule is CC(C)=CCCC1(CBr)CCC1. The summed E-state index contributed by atoms with van der Waals surface area (Å²) in [4.78, 5) is 0. The Morgan fingerprint density at radius 2 is 2.08 bits per heavy atom. The molecule has 0 aromatic rings. The fourth-order valence-corrected chi connectivity index (χ4v) is 2.64. The van der Waals surface area contributed by atoms with E-state index in [4.69, 9.17) is 0 Å². The zero-order chi connectivity index (χ0) is 9.03. The normalized spacial score (nSPS) is 19.9. The summed E-state index contributed by atoms with van der Waals surface area (Å²) in [6.45, 7) is 4.36. The molecule has 0 bridgehead atoms. The van der Waals surface area contributed by atoms with Crippen LogP contribution in [0.15, 0.2) is 11.6 Å². The summed E-state index contributed by atoms with van der Waals surface area (Å²) in [5.74, 6) is 0. The molecule has 0 saturated heterocycles. The lowest BCUT2D eigenvalue weighted by Gasteiger charge is -2.40. The second kappa shape index (κ2) is 4.45. The number of alkyl halides is 1. The summed E-state index contributed by atoms with van der Waals surface area (Å²) in [7, 11) is 0. The second-order valence-electron chi connectivity index (χ2n) is 4.31. The van der Waals surface area contributed by atoms with E-state index in [0.717, 1.165) is 0 Å². The Morgan fingerprint density at radius 1 is 1.42 bits per heavy atom. The van der Waals surface area contributed by atoms with Crippen LogP contribution < -0.4 is 0 Å². The molecule has 0 aromatic carbocycles. The van der Waals surface area contributed by atoms with Gasteiger partial charge >= 0.3 is 0 Å². The lowest BCUT2D eigenvalue weighted by Crippen LogP contribution is -2.30. The number of rotatable bonds is 4. The summed E-state index contributed by atoms with van der Waals surface area (Å²) >= 11 is 3.63. The topological polar surface area (TPSA) is 0 Å². The molecule has 70 valence electrons. The van der Waals surface area contributed by atoms with Gasteiger partial charge in [-0.05, 0) is 44.9 Å². The predicted octanol–water partition coefficient (Wildman–Crippen LogP) is 4.30. The number of hydrogen-bond acceptors (Lipinski definition) is 0. The van der Waals surface area contributed by atoms with Gasteiger partial charge in [0.25, 0.3) is 0 Å². The summed E-state index contributed by atoms with van der Waals surface area (Å²) in [5.41, 5.74) is 2.13. The minimum absolute atomic E-state index is 0.673. The maximum Gasteiger partial charge on any atom is 0.00880 e. The Hall–Kier alpha value is 0.220. The van der Waals surface area contributed by atoms with E-state index in [2.05, 4.69) is 35.9 Å². The predicted molar refractivity (Wildman–Crippen MR) is 58.7 cm³/mol. The smallest absolute Gasteiger partial charge is 0.00880 e. The van der Waals surface area contributed by atoms with E-state index in [1.54, 1.807) is 0 Å². The van der Waals surface area contributed by atoms with Crippen molar-refractivity contribution in [1.29, 1.82) is 0 Å². The maximum atomic E-state index is 3.63. The van der Waals surface area contributed by atoms with Crippen molar-refractivity contribution in [2.45, 2.75) is 46.0 Å². The first-order valence-electron chi connectivity index (χ1n) is 4.88. The van der Waals surface area contributed by atoms with Crippen molar-refractivity contribution in [2.24, 2.45) is 5.41 Å². The highest BCUT2D eigenvalue weighted by Gasteiger charge is 2.34. The zero-order valence-corrected chi connectivity index (χ0v) is 9.78. The molecule has 1 heteroatoms. The first-order valence-corrected chi connectivity index (χ1v) is 6.00. The Morgan fingerprint density at radius 3 is 2.42 bits per heavy atom. The fraction of sp³-hybridized carbons (Fsp3) is 0.818. The molecule has 1 rings (SSSR count). The van der Waals surface area contributed by atoms with Crippen LogP contribution in [0.4, 0.5) is 0 Å². The molecule has 0 unspecified atom stereocenters. The van der Waals surface area contributed by atoms with Crippen LogP contribution in [-0.2, 0) is 0 Å². The van der Waals surface area contributed by atoms with E-state index in [0.29, 0.717) is 5.41 Å². The van der Waals surface area contributed by atoms with Gasteiger partial charge in [-0.2, -0.15) is 0 Å². The van der Waals surface area contributed by atoms with Crippen LogP contribution in [0, 0.1) is 5.41 Å². The van der Waals surface area contributed by atoms with Crippen LogP contribution in [-0.4, -0.2) is 5.33 Å².